The van der Waals surface area contributed by atoms with Crippen LogP contribution in [0.2, 0.25) is 0 Å². The Balaban J connectivity index is 1.86. The van der Waals surface area contributed by atoms with Crippen LogP contribution in [0.4, 0.5) is 0 Å². The first kappa shape index (κ1) is 14.3. The van der Waals surface area contributed by atoms with Crippen molar-refractivity contribution in [3.05, 3.63) is 0 Å². The lowest BCUT2D eigenvalue weighted by Crippen LogP contribution is -2.51. The summed E-state index contributed by atoms with van der Waals surface area (Å²) >= 11 is 0. The van der Waals surface area contributed by atoms with Crippen LogP contribution >= 0.6 is 0 Å². The first-order chi connectivity index (χ1) is 8.38. The molecule has 2 heteroatoms. The highest BCUT2D eigenvalue weighted by molar-refractivity contribution is 4.89. The molecule has 0 bridgehead atoms. The zero-order valence-corrected chi connectivity index (χ0v) is 12.8. The Morgan fingerprint density at radius 3 is 2.11 bits per heavy atom. The maximum absolute atomic E-state index is 6.07. The third-order valence-electron chi connectivity index (χ3n) is 5.36. The van der Waals surface area contributed by atoms with Crippen LogP contribution in [0.15, 0.2) is 0 Å². The van der Waals surface area contributed by atoms with E-state index in [1.165, 1.54) is 45.1 Å². The minimum Gasteiger partial charge on any atom is -0.328 e. The second-order valence-electron chi connectivity index (χ2n) is 7.74. The SMILES string of the molecule is CC1CC(N)CCN1C1CCC(C(C)(C)C)CC1. The zero-order chi connectivity index (χ0) is 13.3. The van der Waals surface area contributed by atoms with E-state index in [1.54, 1.807) is 0 Å². The molecule has 1 saturated heterocycles. The van der Waals surface area contributed by atoms with Crippen molar-refractivity contribution in [2.24, 2.45) is 17.1 Å². The smallest absolute Gasteiger partial charge is 0.00983 e. The topological polar surface area (TPSA) is 29.3 Å². The van der Waals surface area contributed by atoms with Crippen molar-refractivity contribution >= 4 is 0 Å². The highest BCUT2D eigenvalue weighted by atomic mass is 15.2. The molecule has 18 heavy (non-hydrogen) atoms. The zero-order valence-electron chi connectivity index (χ0n) is 12.8. The van der Waals surface area contributed by atoms with E-state index in [0.29, 0.717) is 17.5 Å². The average Bonchev–Trinajstić information content (AvgIpc) is 2.28. The van der Waals surface area contributed by atoms with Crippen molar-refractivity contribution in [1.29, 1.82) is 0 Å². The van der Waals surface area contributed by atoms with E-state index in [2.05, 4.69) is 32.6 Å². The van der Waals surface area contributed by atoms with Gasteiger partial charge in [0.25, 0.3) is 0 Å². The van der Waals surface area contributed by atoms with Gasteiger partial charge >= 0.3 is 0 Å². The first-order valence-corrected chi connectivity index (χ1v) is 7.89. The highest BCUT2D eigenvalue weighted by Crippen LogP contribution is 2.39. The molecule has 0 amide bonds. The molecule has 2 unspecified atom stereocenters. The van der Waals surface area contributed by atoms with Gasteiger partial charge in [-0.3, -0.25) is 4.90 Å². The number of piperidine rings is 1. The summed E-state index contributed by atoms with van der Waals surface area (Å²) in [6.45, 7) is 10.8. The summed E-state index contributed by atoms with van der Waals surface area (Å²) in [6.07, 6.45) is 8.04. The van der Waals surface area contributed by atoms with Crippen LogP contribution in [0.25, 0.3) is 0 Å². The van der Waals surface area contributed by atoms with Gasteiger partial charge in [-0.1, -0.05) is 20.8 Å². The Labute approximate surface area is 113 Å². The van der Waals surface area contributed by atoms with Crippen LogP contribution in [0, 0.1) is 11.3 Å². The molecule has 1 aliphatic carbocycles. The Bertz CT molecular complexity index is 261. The van der Waals surface area contributed by atoms with Gasteiger partial charge in [0.1, 0.15) is 0 Å². The molecule has 2 rings (SSSR count). The van der Waals surface area contributed by atoms with Gasteiger partial charge in [0.05, 0.1) is 0 Å². The minimum atomic E-state index is 0.446. The van der Waals surface area contributed by atoms with E-state index in [4.69, 9.17) is 5.73 Å². The van der Waals surface area contributed by atoms with Gasteiger partial charge in [0.2, 0.25) is 0 Å². The molecule has 0 radical (unpaired) electrons. The first-order valence-electron chi connectivity index (χ1n) is 7.89. The van der Waals surface area contributed by atoms with Crippen molar-refractivity contribution in [3.8, 4) is 0 Å². The Morgan fingerprint density at radius 1 is 1.00 bits per heavy atom. The molecule has 0 aromatic rings. The lowest BCUT2D eigenvalue weighted by Gasteiger charge is -2.46. The van der Waals surface area contributed by atoms with Crippen molar-refractivity contribution in [3.63, 3.8) is 0 Å². The number of hydrogen-bond donors (Lipinski definition) is 1. The lowest BCUT2D eigenvalue weighted by molar-refractivity contribution is 0.0470. The third-order valence-corrected chi connectivity index (χ3v) is 5.36. The Kier molecular flexibility index (Phi) is 4.38. The maximum Gasteiger partial charge on any atom is 0.00983 e. The van der Waals surface area contributed by atoms with E-state index < -0.39 is 0 Å². The van der Waals surface area contributed by atoms with Crippen LogP contribution in [-0.4, -0.2) is 29.6 Å². The number of nitrogens with two attached hydrogens (primary N) is 1. The minimum absolute atomic E-state index is 0.446. The fourth-order valence-corrected chi connectivity index (χ4v) is 4.04. The number of nitrogens with zero attached hydrogens (tertiary/aromatic N) is 1. The van der Waals surface area contributed by atoms with E-state index >= 15 is 0 Å². The normalized spacial score (nSPS) is 39.8. The molecule has 1 saturated carbocycles. The van der Waals surface area contributed by atoms with E-state index in [0.717, 1.165) is 12.0 Å². The molecule has 1 aliphatic heterocycles. The average molecular weight is 252 g/mol. The van der Waals surface area contributed by atoms with Gasteiger partial charge in [0, 0.05) is 24.7 Å². The van der Waals surface area contributed by atoms with Gasteiger partial charge in [-0.25, -0.2) is 0 Å². The summed E-state index contributed by atoms with van der Waals surface area (Å²) < 4.78 is 0. The van der Waals surface area contributed by atoms with E-state index in [1.807, 2.05) is 0 Å². The molecular formula is C16H32N2. The van der Waals surface area contributed by atoms with Crippen LogP contribution in [0.3, 0.4) is 0 Å². The van der Waals surface area contributed by atoms with Crippen LogP contribution in [-0.2, 0) is 0 Å². The number of rotatable bonds is 1. The maximum atomic E-state index is 6.07. The summed E-state index contributed by atoms with van der Waals surface area (Å²) in [5.41, 5.74) is 6.57. The molecule has 2 N–H and O–H groups in total. The molecule has 2 aliphatic rings. The van der Waals surface area contributed by atoms with Crippen molar-refractivity contribution in [2.45, 2.75) is 84.3 Å². The molecule has 2 fully saturated rings. The molecule has 106 valence electrons. The second kappa shape index (κ2) is 5.50. The third kappa shape index (κ3) is 3.27. The largest absolute Gasteiger partial charge is 0.328 e. The van der Waals surface area contributed by atoms with Gasteiger partial charge in [-0.15, -0.1) is 0 Å². The molecule has 0 spiro atoms. The van der Waals surface area contributed by atoms with Gasteiger partial charge in [-0.2, -0.15) is 0 Å². The summed E-state index contributed by atoms with van der Waals surface area (Å²) in [6, 6.07) is 1.98. The summed E-state index contributed by atoms with van der Waals surface area (Å²) in [5, 5.41) is 0. The molecule has 1 heterocycles. The second-order valence-corrected chi connectivity index (χ2v) is 7.74. The summed E-state index contributed by atoms with van der Waals surface area (Å²) in [5.74, 6) is 0.927. The molecule has 2 atom stereocenters. The standard InChI is InChI=1S/C16H32N2/c1-12-11-14(17)9-10-18(12)15-7-5-13(6-8-15)16(2,3)4/h12-15H,5-11,17H2,1-4H3. The van der Waals surface area contributed by atoms with Crippen molar-refractivity contribution in [1.82, 2.24) is 4.90 Å². The molecule has 0 aromatic carbocycles. The van der Waals surface area contributed by atoms with Crippen LogP contribution < -0.4 is 5.73 Å². The molecular weight excluding hydrogens is 220 g/mol. The van der Waals surface area contributed by atoms with Crippen molar-refractivity contribution in [2.75, 3.05) is 6.54 Å². The predicted octanol–water partition coefficient (Wildman–Crippen LogP) is 3.40. The Morgan fingerprint density at radius 2 is 1.61 bits per heavy atom. The Hall–Kier alpha value is -0.0800. The number of likely N-dealkylation sites (tertiary alicyclic amines) is 1. The predicted molar refractivity (Wildman–Crippen MR) is 78.6 cm³/mol. The van der Waals surface area contributed by atoms with Crippen molar-refractivity contribution < 1.29 is 0 Å². The fourth-order valence-electron chi connectivity index (χ4n) is 4.04. The lowest BCUT2D eigenvalue weighted by atomic mass is 9.71. The van der Waals surface area contributed by atoms with Gasteiger partial charge < -0.3 is 5.73 Å². The number of hydrogen-bond acceptors (Lipinski definition) is 2. The van der Waals surface area contributed by atoms with Gasteiger partial charge in [0.15, 0.2) is 0 Å². The molecule has 0 aromatic heterocycles. The monoisotopic (exact) mass is 252 g/mol. The van der Waals surface area contributed by atoms with Gasteiger partial charge in [-0.05, 0) is 56.8 Å². The molecule has 2 nitrogen and oxygen atoms in total. The summed E-state index contributed by atoms with van der Waals surface area (Å²) in [7, 11) is 0. The van der Waals surface area contributed by atoms with E-state index in [9.17, 15) is 0 Å². The van der Waals surface area contributed by atoms with Crippen LogP contribution in [0.5, 0.6) is 0 Å². The summed E-state index contributed by atoms with van der Waals surface area (Å²) in [4.78, 5) is 2.75. The highest BCUT2D eigenvalue weighted by Gasteiger charge is 2.34. The quantitative estimate of drug-likeness (QED) is 0.775. The fraction of sp³-hybridized carbons (Fsp3) is 1.00. The van der Waals surface area contributed by atoms with Crippen LogP contribution in [0.1, 0.15) is 66.2 Å². The van der Waals surface area contributed by atoms with E-state index in [-0.39, 0.29) is 0 Å².